The molecule has 0 radical (unpaired) electrons. The van der Waals surface area contributed by atoms with Gasteiger partial charge in [-0.1, -0.05) is 124 Å². The predicted octanol–water partition coefficient (Wildman–Crippen LogP) is 4.54. The summed E-state index contributed by atoms with van der Waals surface area (Å²) in [6, 6.07) is 15.2. The van der Waals surface area contributed by atoms with Gasteiger partial charge in [-0.2, -0.15) is 35.4 Å². The molecule has 2 aromatic carbocycles. The van der Waals surface area contributed by atoms with Gasteiger partial charge in [0.1, 0.15) is 0 Å². The van der Waals surface area contributed by atoms with Crippen LogP contribution in [0.15, 0.2) is 47.6 Å². The van der Waals surface area contributed by atoms with E-state index in [4.69, 9.17) is 0 Å². The van der Waals surface area contributed by atoms with E-state index in [2.05, 4.69) is 139 Å². The maximum atomic E-state index is 3.67. The van der Waals surface area contributed by atoms with Gasteiger partial charge in [0.2, 0.25) is 0 Å². The number of fused-ring (bicyclic) bond motifs is 3. The smallest absolute Gasteiger partial charge is 1.00 e. The molecule has 0 N–H and O–H groups in total. The van der Waals surface area contributed by atoms with E-state index in [-0.39, 0.29) is 35.6 Å². The van der Waals surface area contributed by atoms with Crippen molar-refractivity contribution < 1.29 is 49.0 Å². The number of hydrogen-bond donors (Lipinski definition) is 0. The Hall–Kier alpha value is -0.747. The zero-order chi connectivity index (χ0) is 29.1. The Morgan fingerprint density at radius 1 is 0.825 bits per heavy atom. The average molecular weight is 659 g/mol. The largest absolute Gasteiger partial charge is 1.00 e. The van der Waals surface area contributed by atoms with Crippen LogP contribution in [-0.2, 0) is 41.5 Å². The van der Waals surface area contributed by atoms with Gasteiger partial charge in [0, 0.05) is 0 Å². The van der Waals surface area contributed by atoms with Crippen LogP contribution in [0.1, 0.15) is 125 Å². The summed E-state index contributed by atoms with van der Waals surface area (Å²) in [5.74, 6) is 0.573. The molecule has 0 aromatic heterocycles. The zero-order valence-electron chi connectivity index (χ0n) is 27.4. The third-order valence-corrected chi connectivity index (χ3v) is 7.12. The number of benzene rings is 2. The second-order valence-corrected chi connectivity index (χ2v) is 16.6. The Morgan fingerprint density at radius 2 is 1.38 bits per heavy atom. The van der Waals surface area contributed by atoms with Crippen molar-refractivity contribution in [1.82, 2.24) is 0 Å². The van der Waals surface area contributed by atoms with Crippen molar-refractivity contribution in [2.75, 3.05) is 0 Å². The molecular weight excluding hydrogens is 607 g/mol. The van der Waals surface area contributed by atoms with Gasteiger partial charge in [-0.15, -0.1) is 11.1 Å². The number of hydrogen-bond acceptors (Lipinski definition) is 0. The molecule has 0 amide bonds. The molecule has 3 heteroatoms. The van der Waals surface area contributed by atoms with Crippen molar-refractivity contribution >= 4 is 3.21 Å². The van der Waals surface area contributed by atoms with Gasteiger partial charge >= 0.3 is 41.3 Å². The first-order valence-electron chi connectivity index (χ1n) is 14.4. The molecule has 2 aromatic rings. The van der Waals surface area contributed by atoms with Crippen molar-refractivity contribution in [1.29, 1.82) is 0 Å². The van der Waals surface area contributed by atoms with E-state index in [0.717, 1.165) is 12.8 Å². The Morgan fingerprint density at radius 3 is 1.80 bits per heavy atom. The summed E-state index contributed by atoms with van der Waals surface area (Å²) in [7, 11) is 0. The van der Waals surface area contributed by atoms with Gasteiger partial charge in [-0.3, -0.25) is 6.08 Å². The first-order valence-corrected chi connectivity index (χ1v) is 15.7. The molecule has 2 aliphatic rings. The second-order valence-electron chi connectivity index (χ2n) is 14.1. The zero-order valence-corrected chi connectivity index (χ0v) is 31.4. The SMILES string of the molecule is CC(C)(C)c1[c-]c2c(cc1)-c1ccc(C(C)(C)C)cc1C2.CCC1=[C-]C(CC)C=C1C(C)(C)C.C[C](C)=[Zr+2].[Cl-].[Cl-]. The summed E-state index contributed by atoms with van der Waals surface area (Å²) in [6.07, 6.45) is 9.31. The van der Waals surface area contributed by atoms with E-state index in [1.165, 1.54) is 54.2 Å². The van der Waals surface area contributed by atoms with Crippen LogP contribution in [-0.4, -0.2) is 3.21 Å². The molecule has 0 saturated carbocycles. The Labute approximate surface area is 275 Å². The van der Waals surface area contributed by atoms with Gasteiger partial charge in [-0.25, -0.2) is 5.57 Å². The molecule has 4 rings (SSSR count). The van der Waals surface area contributed by atoms with E-state index in [1.54, 1.807) is 24.2 Å². The summed E-state index contributed by atoms with van der Waals surface area (Å²) < 4.78 is 1.51. The van der Waals surface area contributed by atoms with Crippen LogP contribution in [0.4, 0.5) is 0 Å². The van der Waals surface area contributed by atoms with Crippen molar-refractivity contribution in [3.05, 3.63) is 82.0 Å². The fourth-order valence-electron chi connectivity index (χ4n) is 4.89. The van der Waals surface area contributed by atoms with Gasteiger partial charge < -0.3 is 24.8 Å². The Kier molecular flexibility index (Phi) is 15.4. The molecule has 0 aliphatic heterocycles. The Bertz CT molecular complexity index is 1130. The third kappa shape index (κ3) is 10.8. The fourth-order valence-corrected chi connectivity index (χ4v) is 4.89. The molecule has 40 heavy (non-hydrogen) atoms. The predicted molar refractivity (Wildman–Crippen MR) is 166 cm³/mol. The van der Waals surface area contributed by atoms with Crippen LogP contribution < -0.4 is 24.8 Å². The van der Waals surface area contributed by atoms with Crippen LogP contribution in [0.3, 0.4) is 0 Å². The molecular formula is C37H52Cl2Zr-2. The van der Waals surface area contributed by atoms with Crippen molar-refractivity contribution in [3.63, 3.8) is 0 Å². The van der Waals surface area contributed by atoms with E-state index in [0.29, 0.717) is 11.3 Å². The van der Waals surface area contributed by atoms with Gasteiger partial charge in [0.05, 0.1) is 0 Å². The molecule has 2 aliphatic carbocycles. The third-order valence-electron chi connectivity index (χ3n) is 7.12. The van der Waals surface area contributed by atoms with E-state index >= 15 is 0 Å². The Balaban J connectivity index is 0.000000692. The molecule has 0 fully saturated rings. The van der Waals surface area contributed by atoms with E-state index in [1.807, 2.05) is 0 Å². The van der Waals surface area contributed by atoms with Gasteiger partial charge in [0.25, 0.3) is 0 Å². The normalized spacial score (nSPS) is 15.5. The molecule has 1 unspecified atom stereocenters. The average Bonchev–Trinajstić information content (AvgIpc) is 3.38. The maximum Gasteiger partial charge on any atom is -1.00 e. The second kappa shape index (κ2) is 15.6. The summed E-state index contributed by atoms with van der Waals surface area (Å²) in [4.78, 5) is 0. The quantitative estimate of drug-likeness (QED) is 0.355. The minimum atomic E-state index is 0. The van der Waals surface area contributed by atoms with Crippen LogP contribution in [0.25, 0.3) is 11.1 Å². The van der Waals surface area contributed by atoms with E-state index in [9.17, 15) is 0 Å². The molecule has 0 saturated heterocycles. The van der Waals surface area contributed by atoms with Crippen molar-refractivity contribution in [3.8, 4) is 11.1 Å². The minimum Gasteiger partial charge on any atom is -1.00 e. The topological polar surface area (TPSA) is 0 Å². The summed E-state index contributed by atoms with van der Waals surface area (Å²) >= 11 is 1.55. The molecule has 0 heterocycles. The van der Waals surface area contributed by atoms with Crippen LogP contribution >= 0.6 is 0 Å². The molecule has 0 spiro atoms. The number of halogens is 2. The number of allylic oxidation sites excluding steroid dienone is 4. The van der Waals surface area contributed by atoms with E-state index < -0.39 is 0 Å². The van der Waals surface area contributed by atoms with Crippen molar-refractivity contribution in [2.24, 2.45) is 11.3 Å². The summed E-state index contributed by atoms with van der Waals surface area (Å²) in [5, 5.41) is 0. The van der Waals surface area contributed by atoms with Crippen molar-refractivity contribution in [2.45, 2.75) is 120 Å². The maximum absolute atomic E-state index is 3.67. The first kappa shape index (κ1) is 39.3. The van der Waals surface area contributed by atoms with Crippen LogP contribution in [0.2, 0.25) is 0 Å². The molecule has 0 bridgehead atoms. The summed E-state index contributed by atoms with van der Waals surface area (Å²) in [6.45, 7) is 29.2. The molecule has 220 valence electrons. The summed E-state index contributed by atoms with van der Waals surface area (Å²) in [5.41, 5.74) is 12.0. The monoisotopic (exact) mass is 656 g/mol. The minimum absolute atomic E-state index is 0. The standard InChI is InChI=1S/C21H25.C13H21.C3H6.2ClH.Zr/c1-20(2,3)16-7-9-18-14(12-16)11-15-13-17(21(4,5)6)8-10-19(15)18;1-6-10-8-11(7-2)12(9-10)13(3,4)5;1-3-2;;;/h7-10,12H,11H2,1-6H3;9-10H,6-7H2,1-5H3;1-2H3;2*1H;/q2*-1;;;;+2/p-2. The van der Waals surface area contributed by atoms with Gasteiger partial charge in [0.15, 0.2) is 0 Å². The fraction of sp³-hybridized carbons (Fsp3) is 0.541. The molecule has 0 nitrogen and oxygen atoms in total. The van der Waals surface area contributed by atoms with Crippen LogP contribution in [0, 0.1) is 23.5 Å². The van der Waals surface area contributed by atoms with Gasteiger partial charge in [-0.05, 0) is 28.4 Å². The van der Waals surface area contributed by atoms with Crippen LogP contribution in [0.5, 0.6) is 0 Å². The molecule has 1 atom stereocenters. The first-order chi connectivity index (χ1) is 17.4. The number of rotatable bonds is 2.